The summed E-state index contributed by atoms with van der Waals surface area (Å²) in [5.41, 5.74) is 9.73. The van der Waals surface area contributed by atoms with Gasteiger partial charge < -0.3 is 5.73 Å². The molecule has 1 aromatic heterocycles. The Morgan fingerprint density at radius 2 is 1.75 bits per heavy atom. The smallest absolute Gasteiger partial charge is 0.0271 e. The molecule has 0 fully saturated rings. The van der Waals surface area contributed by atoms with E-state index in [2.05, 4.69) is 53.2 Å². The van der Waals surface area contributed by atoms with Crippen LogP contribution in [-0.2, 0) is 19.5 Å². The number of aromatic nitrogens is 1. The van der Waals surface area contributed by atoms with Crippen LogP contribution >= 0.6 is 0 Å². The van der Waals surface area contributed by atoms with Crippen molar-refractivity contribution in [1.29, 1.82) is 0 Å². The molecule has 0 aliphatic rings. The SMILES string of the molecule is CCN(CCc1ccccc1CN)Cc1ccncc1. The van der Waals surface area contributed by atoms with E-state index in [-0.39, 0.29) is 0 Å². The summed E-state index contributed by atoms with van der Waals surface area (Å²) >= 11 is 0. The van der Waals surface area contributed by atoms with E-state index in [4.69, 9.17) is 5.73 Å². The number of likely N-dealkylation sites (N-methyl/N-ethyl adjacent to an activating group) is 1. The Morgan fingerprint density at radius 1 is 1.05 bits per heavy atom. The van der Waals surface area contributed by atoms with Crippen LogP contribution in [-0.4, -0.2) is 23.0 Å². The third-order valence-electron chi connectivity index (χ3n) is 3.64. The zero-order valence-corrected chi connectivity index (χ0v) is 12.1. The maximum Gasteiger partial charge on any atom is 0.0271 e. The van der Waals surface area contributed by atoms with Crippen LogP contribution in [0.3, 0.4) is 0 Å². The Labute approximate surface area is 121 Å². The number of nitrogens with zero attached hydrogens (tertiary/aromatic N) is 2. The molecule has 0 radical (unpaired) electrons. The third kappa shape index (κ3) is 4.15. The summed E-state index contributed by atoms with van der Waals surface area (Å²) in [5, 5.41) is 0. The maximum absolute atomic E-state index is 5.79. The number of hydrogen-bond donors (Lipinski definition) is 1. The number of rotatable bonds is 7. The standard InChI is InChI=1S/C17H23N3/c1-2-20(14-15-7-10-19-11-8-15)12-9-16-5-3-4-6-17(16)13-18/h3-8,10-11H,2,9,12-14,18H2,1H3. The minimum Gasteiger partial charge on any atom is -0.326 e. The zero-order valence-electron chi connectivity index (χ0n) is 12.1. The molecule has 1 heterocycles. The minimum absolute atomic E-state index is 0.618. The average Bonchev–Trinajstić information content (AvgIpc) is 2.52. The molecule has 20 heavy (non-hydrogen) atoms. The van der Waals surface area contributed by atoms with Crippen molar-refractivity contribution in [2.75, 3.05) is 13.1 Å². The van der Waals surface area contributed by atoms with Gasteiger partial charge in [-0.1, -0.05) is 31.2 Å². The highest BCUT2D eigenvalue weighted by molar-refractivity contribution is 5.27. The van der Waals surface area contributed by atoms with E-state index < -0.39 is 0 Å². The lowest BCUT2D eigenvalue weighted by atomic mass is 10.0. The summed E-state index contributed by atoms with van der Waals surface area (Å²) in [6.45, 7) is 5.90. The Balaban J connectivity index is 1.94. The van der Waals surface area contributed by atoms with E-state index in [9.17, 15) is 0 Å². The van der Waals surface area contributed by atoms with Crippen LogP contribution in [0.1, 0.15) is 23.6 Å². The first-order valence-corrected chi connectivity index (χ1v) is 7.21. The largest absolute Gasteiger partial charge is 0.326 e. The van der Waals surface area contributed by atoms with Crippen molar-refractivity contribution >= 4 is 0 Å². The number of pyridine rings is 1. The van der Waals surface area contributed by atoms with E-state index in [0.717, 1.165) is 26.1 Å². The van der Waals surface area contributed by atoms with Crippen molar-refractivity contribution in [2.45, 2.75) is 26.4 Å². The van der Waals surface area contributed by atoms with Crippen LogP contribution < -0.4 is 5.73 Å². The molecule has 2 aromatic rings. The lowest BCUT2D eigenvalue weighted by molar-refractivity contribution is 0.283. The van der Waals surface area contributed by atoms with Crippen LogP contribution in [0.4, 0.5) is 0 Å². The second-order valence-corrected chi connectivity index (χ2v) is 4.95. The fourth-order valence-electron chi connectivity index (χ4n) is 2.37. The van der Waals surface area contributed by atoms with Crippen molar-refractivity contribution in [2.24, 2.45) is 5.73 Å². The average molecular weight is 269 g/mol. The normalized spacial score (nSPS) is 10.9. The van der Waals surface area contributed by atoms with Gasteiger partial charge >= 0.3 is 0 Å². The number of hydrogen-bond acceptors (Lipinski definition) is 3. The van der Waals surface area contributed by atoms with Gasteiger partial charge in [0.25, 0.3) is 0 Å². The monoisotopic (exact) mass is 269 g/mol. The van der Waals surface area contributed by atoms with Gasteiger partial charge in [-0.05, 0) is 41.8 Å². The Bertz CT molecular complexity index is 511. The molecule has 0 saturated carbocycles. The first kappa shape index (κ1) is 14.7. The highest BCUT2D eigenvalue weighted by Gasteiger charge is 2.06. The number of benzene rings is 1. The van der Waals surface area contributed by atoms with Crippen molar-refractivity contribution in [1.82, 2.24) is 9.88 Å². The fourth-order valence-corrected chi connectivity index (χ4v) is 2.37. The molecular formula is C17H23N3. The predicted octanol–water partition coefficient (Wildman–Crippen LogP) is 2.60. The maximum atomic E-state index is 5.79. The van der Waals surface area contributed by atoms with Gasteiger partial charge in [-0.2, -0.15) is 0 Å². The molecular weight excluding hydrogens is 246 g/mol. The van der Waals surface area contributed by atoms with Gasteiger partial charge in [0.05, 0.1) is 0 Å². The first-order valence-electron chi connectivity index (χ1n) is 7.21. The molecule has 0 atom stereocenters. The molecule has 3 heteroatoms. The topological polar surface area (TPSA) is 42.1 Å². The quantitative estimate of drug-likeness (QED) is 0.840. The molecule has 2 rings (SSSR count). The highest BCUT2D eigenvalue weighted by Crippen LogP contribution is 2.10. The van der Waals surface area contributed by atoms with E-state index in [1.165, 1.54) is 16.7 Å². The van der Waals surface area contributed by atoms with Gasteiger partial charge in [0.15, 0.2) is 0 Å². The van der Waals surface area contributed by atoms with Gasteiger partial charge in [-0.25, -0.2) is 0 Å². The third-order valence-corrected chi connectivity index (χ3v) is 3.64. The lowest BCUT2D eigenvalue weighted by Crippen LogP contribution is -2.25. The van der Waals surface area contributed by atoms with E-state index >= 15 is 0 Å². The molecule has 0 saturated heterocycles. The van der Waals surface area contributed by atoms with Crippen LogP contribution in [0.5, 0.6) is 0 Å². The summed E-state index contributed by atoms with van der Waals surface area (Å²) in [7, 11) is 0. The summed E-state index contributed by atoms with van der Waals surface area (Å²) in [4.78, 5) is 6.51. The van der Waals surface area contributed by atoms with E-state index in [1.54, 1.807) is 0 Å². The summed E-state index contributed by atoms with van der Waals surface area (Å²) in [6, 6.07) is 12.6. The van der Waals surface area contributed by atoms with E-state index in [1.807, 2.05) is 12.4 Å². The summed E-state index contributed by atoms with van der Waals surface area (Å²) in [6.07, 6.45) is 4.76. The molecule has 106 valence electrons. The molecule has 0 bridgehead atoms. The number of nitrogens with two attached hydrogens (primary N) is 1. The summed E-state index contributed by atoms with van der Waals surface area (Å²) in [5.74, 6) is 0. The molecule has 0 spiro atoms. The van der Waals surface area contributed by atoms with Crippen LogP contribution in [0, 0.1) is 0 Å². The van der Waals surface area contributed by atoms with Gasteiger partial charge in [0, 0.05) is 32.0 Å². The van der Waals surface area contributed by atoms with Crippen LogP contribution in [0.25, 0.3) is 0 Å². The first-order chi connectivity index (χ1) is 9.83. The van der Waals surface area contributed by atoms with Crippen LogP contribution in [0.2, 0.25) is 0 Å². The Morgan fingerprint density at radius 3 is 2.40 bits per heavy atom. The second kappa shape index (κ2) is 7.78. The molecule has 3 nitrogen and oxygen atoms in total. The van der Waals surface area contributed by atoms with Crippen molar-refractivity contribution in [3.63, 3.8) is 0 Å². The molecule has 0 unspecified atom stereocenters. The lowest BCUT2D eigenvalue weighted by Gasteiger charge is -2.21. The van der Waals surface area contributed by atoms with Crippen molar-refractivity contribution in [3.8, 4) is 0 Å². The van der Waals surface area contributed by atoms with E-state index in [0.29, 0.717) is 6.54 Å². The highest BCUT2D eigenvalue weighted by atomic mass is 15.1. The summed E-state index contributed by atoms with van der Waals surface area (Å²) < 4.78 is 0. The zero-order chi connectivity index (χ0) is 14.2. The van der Waals surface area contributed by atoms with Crippen molar-refractivity contribution in [3.05, 3.63) is 65.5 Å². The Kier molecular flexibility index (Phi) is 5.71. The molecule has 2 N–H and O–H groups in total. The van der Waals surface area contributed by atoms with Gasteiger partial charge in [0.1, 0.15) is 0 Å². The van der Waals surface area contributed by atoms with Crippen LogP contribution in [0.15, 0.2) is 48.8 Å². The minimum atomic E-state index is 0.618. The predicted molar refractivity (Wildman–Crippen MR) is 83.2 cm³/mol. The fraction of sp³-hybridized carbons (Fsp3) is 0.353. The molecule has 0 aliphatic heterocycles. The molecule has 0 amide bonds. The Hall–Kier alpha value is -1.71. The van der Waals surface area contributed by atoms with Gasteiger partial charge in [0.2, 0.25) is 0 Å². The second-order valence-electron chi connectivity index (χ2n) is 4.95. The molecule has 0 aliphatic carbocycles. The van der Waals surface area contributed by atoms with Gasteiger partial charge in [-0.15, -0.1) is 0 Å². The van der Waals surface area contributed by atoms with Crippen molar-refractivity contribution < 1.29 is 0 Å². The molecule has 1 aromatic carbocycles. The van der Waals surface area contributed by atoms with Gasteiger partial charge in [-0.3, -0.25) is 9.88 Å².